The van der Waals surface area contributed by atoms with Crippen LogP contribution in [0.4, 0.5) is 5.82 Å². The quantitative estimate of drug-likeness (QED) is 0.799. The van der Waals surface area contributed by atoms with Crippen LogP contribution >= 0.6 is 0 Å². The summed E-state index contributed by atoms with van der Waals surface area (Å²) in [5, 5.41) is 11.5. The summed E-state index contributed by atoms with van der Waals surface area (Å²) in [6, 6.07) is 0. The number of carboxylic acids is 1. The van der Waals surface area contributed by atoms with Crippen molar-refractivity contribution in [2.24, 2.45) is 0 Å². The first-order valence-electron chi connectivity index (χ1n) is 5.12. The van der Waals surface area contributed by atoms with E-state index in [0.29, 0.717) is 5.82 Å². The summed E-state index contributed by atoms with van der Waals surface area (Å²) in [4.78, 5) is 18.1. The Morgan fingerprint density at radius 3 is 2.39 bits per heavy atom. The van der Waals surface area contributed by atoms with Gasteiger partial charge in [0.2, 0.25) is 0 Å². The van der Waals surface area contributed by atoms with Gasteiger partial charge in [0.1, 0.15) is 5.82 Å². The van der Waals surface area contributed by atoms with E-state index < -0.39 is 20.6 Å². The summed E-state index contributed by atoms with van der Waals surface area (Å²) in [5.74, 6) is -0.831. The number of carboxylic acid groups (broad SMARTS) is 1. The molecule has 0 aliphatic heterocycles. The molecule has 0 unspecified atom stereocenters. The van der Waals surface area contributed by atoms with Crippen molar-refractivity contribution in [3.8, 4) is 0 Å². The molecule has 0 amide bonds. The van der Waals surface area contributed by atoms with E-state index in [2.05, 4.69) is 15.3 Å². The van der Waals surface area contributed by atoms with Crippen LogP contribution in [0.15, 0.2) is 12.4 Å². The lowest BCUT2D eigenvalue weighted by atomic mass is 10.2. The minimum Gasteiger partial charge on any atom is -0.476 e. The Bertz CT molecular complexity index is 537. The zero-order valence-electron chi connectivity index (χ0n) is 10.3. The van der Waals surface area contributed by atoms with Gasteiger partial charge in [0.05, 0.1) is 17.1 Å². The molecule has 1 rings (SSSR count). The van der Waals surface area contributed by atoms with E-state index in [-0.39, 0.29) is 12.2 Å². The number of aromatic carboxylic acids is 1. The molecule has 0 fully saturated rings. The van der Waals surface area contributed by atoms with Crippen molar-refractivity contribution >= 4 is 21.6 Å². The van der Waals surface area contributed by atoms with E-state index in [1.165, 1.54) is 6.20 Å². The molecule has 0 spiro atoms. The Kier molecular flexibility index (Phi) is 3.90. The van der Waals surface area contributed by atoms with Crippen molar-refractivity contribution in [2.45, 2.75) is 18.6 Å². The minimum absolute atomic E-state index is 0.160. The third-order valence-electron chi connectivity index (χ3n) is 2.57. The van der Waals surface area contributed by atoms with Gasteiger partial charge < -0.3 is 10.4 Å². The highest BCUT2D eigenvalue weighted by molar-refractivity contribution is 7.92. The average Bonchev–Trinajstić information content (AvgIpc) is 2.25. The summed E-state index contributed by atoms with van der Waals surface area (Å²) in [6.07, 6.45) is 3.52. The van der Waals surface area contributed by atoms with Crippen LogP contribution in [0, 0.1) is 0 Å². The normalized spacial score (nSPS) is 12.2. The fourth-order valence-electron chi connectivity index (χ4n) is 0.964. The molecule has 0 aliphatic rings. The third kappa shape index (κ3) is 3.39. The highest BCUT2D eigenvalue weighted by Gasteiger charge is 2.29. The number of nitrogens with zero attached hydrogens (tertiary/aromatic N) is 2. The fourth-order valence-corrected chi connectivity index (χ4v) is 1.30. The summed E-state index contributed by atoms with van der Waals surface area (Å²) in [5.41, 5.74) is -0.164. The second-order valence-corrected chi connectivity index (χ2v) is 7.13. The Morgan fingerprint density at radius 1 is 1.39 bits per heavy atom. The first kappa shape index (κ1) is 14.4. The molecule has 0 saturated carbocycles. The van der Waals surface area contributed by atoms with E-state index in [9.17, 15) is 13.2 Å². The summed E-state index contributed by atoms with van der Waals surface area (Å²) >= 11 is 0. The number of sulfone groups is 1. The zero-order valence-corrected chi connectivity index (χ0v) is 11.2. The average molecular weight is 273 g/mol. The number of hydrogen-bond acceptors (Lipinski definition) is 6. The molecule has 1 aromatic rings. The van der Waals surface area contributed by atoms with Crippen LogP contribution < -0.4 is 5.32 Å². The number of nitrogens with one attached hydrogen (secondary N) is 1. The molecule has 100 valence electrons. The van der Waals surface area contributed by atoms with Crippen molar-refractivity contribution < 1.29 is 18.3 Å². The van der Waals surface area contributed by atoms with Crippen molar-refractivity contribution in [3.63, 3.8) is 0 Å². The van der Waals surface area contributed by atoms with E-state index in [4.69, 9.17) is 5.11 Å². The van der Waals surface area contributed by atoms with E-state index in [1.54, 1.807) is 13.8 Å². The molecule has 18 heavy (non-hydrogen) atoms. The standard InChI is InChI=1S/C10H15N3O4S/c1-10(2,18(3,16)17)6-13-8-5-11-7(4-12-8)9(14)15/h4-5H,6H2,1-3H3,(H,12,13)(H,14,15). The molecule has 0 saturated heterocycles. The van der Waals surface area contributed by atoms with Crippen molar-refractivity contribution in [2.75, 3.05) is 18.1 Å². The maximum absolute atomic E-state index is 11.5. The van der Waals surface area contributed by atoms with Gasteiger partial charge in [-0.1, -0.05) is 0 Å². The molecule has 1 aromatic heterocycles. The lowest BCUT2D eigenvalue weighted by Crippen LogP contribution is -2.38. The second kappa shape index (κ2) is 4.89. The van der Waals surface area contributed by atoms with Crippen LogP contribution in [0.25, 0.3) is 0 Å². The molecular formula is C10H15N3O4S. The lowest BCUT2D eigenvalue weighted by Gasteiger charge is -2.22. The molecule has 2 N–H and O–H groups in total. The third-order valence-corrected chi connectivity index (χ3v) is 4.72. The molecule has 8 heteroatoms. The highest BCUT2D eigenvalue weighted by atomic mass is 32.2. The first-order chi connectivity index (χ1) is 8.13. The van der Waals surface area contributed by atoms with Gasteiger partial charge in [-0.3, -0.25) is 0 Å². The molecule has 0 aromatic carbocycles. The van der Waals surface area contributed by atoms with Gasteiger partial charge in [0.15, 0.2) is 15.5 Å². The monoisotopic (exact) mass is 273 g/mol. The molecule has 0 atom stereocenters. The van der Waals surface area contributed by atoms with Crippen LogP contribution in [0.1, 0.15) is 24.3 Å². The molecule has 0 bridgehead atoms. The first-order valence-corrected chi connectivity index (χ1v) is 7.01. The zero-order chi connectivity index (χ0) is 14.0. The van der Waals surface area contributed by atoms with Gasteiger partial charge in [0.25, 0.3) is 0 Å². The fraction of sp³-hybridized carbons (Fsp3) is 0.500. The molecular weight excluding hydrogens is 258 g/mol. The van der Waals surface area contributed by atoms with Crippen LogP contribution in [0.5, 0.6) is 0 Å². The Hall–Kier alpha value is -1.70. The van der Waals surface area contributed by atoms with Gasteiger partial charge in [-0.2, -0.15) is 0 Å². The lowest BCUT2D eigenvalue weighted by molar-refractivity contribution is 0.0690. The highest BCUT2D eigenvalue weighted by Crippen LogP contribution is 2.15. The Morgan fingerprint density at radius 2 is 2.00 bits per heavy atom. The minimum atomic E-state index is -3.20. The maximum Gasteiger partial charge on any atom is 0.356 e. The number of carbonyl (C=O) groups is 1. The van der Waals surface area contributed by atoms with Gasteiger partial charge in [-0.25, -0.2) is 23.2 Å². The molecule has 0 aliphatic carbocycles. The molecule has 7 nitrogen and oxygen atoms in total. The summed E-state index contributed by atoms with van der Waals surface area (Å²) in [6.45, 7) is 3.34. The van der Waals surface area contributed by atoms with Crippen molar-refractivity contribution in [1.82, 2.24) is 9.97 Å². The second-order valence-electron chi connectivity index (χ2n) is 4.48. The predicted octanol–water partition coefficient (Wildman–Crippen LogP) is 0.410. The van der Waals surface area contributed by atoms with E-state index in [0.717, 1.165) is 12.5 Å². The number of anilines is 1. The maximum atomic E-state index is 11.5. The van der Waals surface area contributed by atoms with Crippen LogP contribution in [-0.4, -0.2) is 47.0 Å². The molecule has 0 radical (unpaired) electrons. The largest absolute Gasteiger partial charge is 0.476 e. The van der Waals surface area contributed by atoms with Gasteiger partial charge >= 0.3 is 5.97 Å². The Labute approximate surface area is 105 Å². The topological polar surface area (TPSA) is 109 Å². The van der Waals surface area contributed by atoms with E-state index >= 15 is 0 Å². The van der Waals surface area contributed by atoms with Crippen LogP contribution in [-0.2, 0) is 9.84 Å². The van der Waals surface area contributed by atoms with Crippen LogP contribution in [0.3, 0.4) is 0 Å². The Balaban J connectivity index is 2.73. The van der Waals surface area contributed by atoms with Crippen molar-refractivity contribution in [1.29, 1.82) is 0 Å². The SMILES string of the molecule is CC(C)(CNc1cnc(C(=O)O)cn1)S(C)(=O)=O. The van der Waals surface area contributed by atoms with Gasteiger partial charge in [0, 0.05) is 12.8 Å². The van der Waals surface area contributed by atoms with E-state index in [1.807, 2.05) is 0 Å². The number of aromatic nitrogens is 2. The molecule has 1 heterocycles. The summed E-state index contributed by atoms with van der Waals surface area (Å²) < 4.78 is 22.0. The predicted molar refractivity (Wildman–Crippen MR) is 66.4 cm³/mol. The van der Waals surface area contributed by atoms with Gasteiger partial charge in [-0.05, 0) is 13.8 Å². The van der Waals surface area contributed by atoms with Crippen molar-refractivity contribution in [3.05, 3.63) is 18.1 Å². The van der Waals surface area contributed by atoms with Crippen LogP contribution in [0.2, 0.25) is 0 Å². The number of rotatable bonds is 5. The summed E-state index contributed by atoms with van der Waals surface area (Å²) in [7, 11) is -3.20. The van der Waals surface area contributed by atoms with Gasteiger partial charge in [-0.15, -0.1) is 0 Å². The number of hydrogen-bond donors (Lipinski definition) is 2. The smallest absolute Gasteiger partial charge is 0.356 e.